The third-order valence-corrected chi connectivity index (χ3v) is 4.40. The van der Waals surface area contributed by atoms with Crippen molar-refractivity contribution in [2.75, 3.05) is 6.26 Å². The lowest BCUT2D eigenvalue weighted by atomic mass is 10.3. The zero-order chi connectivity index (χ0) is 17.8. The molecule has 0 radical (unpaired) electrons. The quantitative estimate of drug-likeness (QED) is 0.217. The minimum absolute atomic E-state index is 0.0537. The summed E-state index contributed by atoms with van der Waals surface area (Å²) < 4.78 is 60.0. The molecule has 1 aromatic rings. The van der Waals surface area contributed by atoms with Crippen LogP contribution in [0.15, 0.2) is 28.1 Å². The molecule has 1 N–H and O–H groups in total. The minimum Gasteiger partial charge on any atom is -0.271 e. The van der Waals surface area contributed by atoms with Crippen LogP contribution in [-0.4, -0.2) is 30.3 Å². The van der Waals surface area contributed by atoms with Crippen LogP contribution in [0, 0.1) is 21.6 Å². The predicted octanol–water partition coefficient (Wildman–Crippen LogP) is 2.31. The van der Waals surface area contributed by atoms with Gasteiger partial charge in [-0.2, -0.15) is 18.4 Å². The van der Waals surface area contributed by atoms with Gasteiger partial charge in [0.1, 0.15) is 5.69 Å². The van der Waals surface area contributed by atoms with Crippen molar-refractivity contribution >= 4 is 38.1 Å². The van der Waals surface area contributed by atoms with Gasteiger partial charge in [0.05, 0.1) is 9.82 Å². The Morgan fingerprint density at radius 2 is 2.09 bits per heavy atom. The fourth-order valence-electron chi connectivity index (χ4n) is 1.33. The number of alkyl halides is 3. The lowest BCUT2D eigenvalue weighted by Crippen LogP contribution is -2.23. The van der Waals surface area contributed by atoms with Crippen LogP contribution in [0.5, 0.6) is 0 Å². The molecule has 1 rings (SSSR count). The molecule has 0 saturated carbocycles. The Balaban J connectivity index is 3.52. The largest absolute Gasteiger partial charge is 0.501 e. The van der Waals surface area contributed by atoms with Crippen molar-refractivity contribution in [2.24, 2.45) is 4.99 Å². The molecule has 0 spiro atoms. The number of sulfone groups is 1. The second-order valence-electron chi connectivity index (χ2n) is 3.71. The van der Waals surface area contributed by atoms with Gasteiger partial charge < -0.3 is 0 Å². The van der Waals surface area contributed by atoms with Gasteiger partial charge in [0.25, 0.3) is 15.5 Å². The van der Waals surface area contributed by atoms with Gasteiger partial charge in [0, 0.05) is 6.07 Å². The summed E-state index contributed by atoms with van der Waals surface area (Å²) in [5, 5.41) is 21.5. The maximum Gasteiger partial charge on any atom is 0.501 e. The van der Waals surface area contributed by atoms with E-state index in [1.54, 1.807) is 0 Å². The zero-order valence-electron chi connectivity index (χ0n) is 11.2. The average molecular weight is 368 g/mol. The van der Waals surface area contributed by atoms with Crippen molar-refractivity contribution in [3.63, 3.8) is 0 Å². The fourth-order valence-corrected chi connectivity index (χ4v) is 2.45. The Labute approximate surface area is 132 Å². The molecule has 0 bridgehead atoms. The number of nitriles is 1. The predicted molar refractivity (Wildman–Crippen MR) is 75.7 cm³/mol. The van der Waals surface area contributed by atoms with Crippen molar-refractivity contribution < 1.29 is 26.5 Å². The molecule has 0 saturated heterocycles. The molecule has 0 aliphatic carbocycles. The molecule has 0 heterocycles. The summed E-state index contributed by atoms with van der Waals surface area (Å²) in [6.07, 6.45) is 3.02. The van der Waals surface area contributed by atoms with Gasteiger partial charge in [-0.25, -0.2) is 13.4 Å². The van der Waals surface area contributed by atoms with Crippen LogP contribution in [-0.2, 0) is 9.84 Å². The summed E-state index contributed by atoms with van der Waals surface area (Å²) in [7, 11) is -5.72. The second-order valence-corrected chi connectivity index (χ2v) is 6.45. The third kappa shape index (κ3) is 4.11. The molecule has 0 amide bonds. The van der Waals surface area contributed by atoms with Gasteiger partial charge in [-0.1, -0.05) is 11.8 Å². The van der Waals surface area contributed by atoms with Gasteiger partial charge in [-0.3, -0.25) is 15.4 Å². The molecule has 0 fully saturated rings. The first-order valence-corrected chi connectivity index (χ1v) is 8.13. The highest BCUT2D eigenvalue weighted by atomic mass is 32.2. The molecular formula is C10H7F3N4O4S2. The first kappa shape index (κ1) is 18.7. The van der Waals surface area contributed by atoms with E-state index in [2.05, 4.69) is 10.3 Å². The number of hydrogen-bond donors (Lipinski definition) is 1. The zero-order valence-corrected chi connectivity index (χ0v) is 12.8. The van der Waals surface area contributed by atoms with Crippen LogP contribution in [0.3, 0.4) is 0 Å². The maximum atomic E-state index is 12.5. The van der Waals surface area contributed by atoms with Crippen molar-refractivity contribution in [1.29, 1.82) is 5.26 Å². The number of hydrogen-bond acceptors (Lipinski definition) is 7. The monoisotopic (exact) mass is 368 g/mol. The minimum atomic E-state index is -5.72. The number of nitro groups is 1. The highest BCUT2D eigenvalue weighted by Gasteiger charge is 2.47. The summed E-state index contributed by atoms with van der Waals surface area (Å²) in [5.41, 5.74) is -6.93. The summed E-state index contributed by atoms with van der Waals surface area (Å²) in [5.74, 6) is 0. The first-order valence-electron chi connectivity index (χ1n) is 5.42. The van der Waals surface area contributed by atoms with E-state index in [1.165, 1.54) is 12.4 Å². The fraction of sp³-hybridized carbons (Fsp3) is 0.200. The van der Waals surface area contributed by atoms with E-state index < -0.39 is 36.5 Å². The van der Waals surface area contributed by atoms with Gasteiger partial charge in [-0.05, 0) is 18.4 Å². The standard InChI is InChI=1S/C10H7F3N4O4S2/c1-22-9(15-5-14)16-7-3-2-6(4-8(7)17(18)19)23(20,21)10(11,12)13/h2-4H,1H3,(H,15,16). The van der Waals surface area contributed by atoms with E-state index >= 15 is 0 Å². The Bertz CT molecular complexity index is 799. The van der Waals surface area contributed by atoms with Crippen molar-refractivity contribution in [1.82, 2.24) is 5.32 Å². The number of nitrogens with zero attached hydrogens (tertiary/aromatic N) is 3. The molecule has 8 nitrogen and oxygen atoms in total. The normalized spacial score (nSPS) is 12.6. The Morgan fingerprint density at radius 3 is 2.52 bits per heavy atom. The molecule has 23 heavy (non-hydrogen) atoms. The van der Waals surface area contributed by atoms with E-state index in [0.29, 0.717) is 6.07 Å². The number of benzene rings is 1. The van der Waals surface area contributed by atoms with E-state index in [9.17, 15) is 31.7 Å². The number of nitro benzene ring substituents is 1. The number of rotatable bonds is 3. The molecule has 0 atom stereocenters. The molecule has 0 aliphatic heterocycles. The van der Waals surface area contributed by atoms with E-state index in [4.69, 9.17) is 5.26 Å². The Hall–Kier alpha value is -2.33. The average Bonchev–Trinajstić information content (AvgIpc) is 2.45. The molecule has 0 aliphatic rings. The van der Waals surface area contributed by atoms with Crippen LogP contribution in [0.2, 0.25) is 0 Å². The molecule has 0 unspecified atom stereocenters. The highest BCUT2D eigenvalue weighted by molar-refractivity contribution is 8.13. The topological polar surface area (TPSA) is 125 Å². The number of halogens is 3. The van der Waals surface area contributed by atoms with E-state index in [0.717, 1.165) is 17.8 Å². The maximum absolute atomic E-state index is 12.5. The lowest BCUT2D eigenvalue weighted by Gasteiger charge is -2.08. The number of amidine groups is 1. The van der Waals surface area contributed by atoms with Crippen molar-refractivity contribution in [2.45, 2.75) is 10.4 Å². The van der Waals surface area contributed by atoms with Gasteiger partial charge in [0.15, 0.2) is 11.4 Å². The summed E-state index contributed by atoms with van der Waals surface area (Å²) in [6.45, 7) is 0. The lowest BCUT2D eigenvalue weighted by molar-refractivity contribution is -0.384. The summed E-state index contributed by atoms with van der Waals surface area (Å²) in [6, 6.07) is 1.58. The van der Waals surface area contributed by atoms with E-state index in [1.807, 2.05) is 0 Å². The molecular weight excluding hydrogens is 361 g/mol. The molecule has 13 heteroatoms. The van der Waals surface area contributed by atoms with Crippen LogP contribution >= 0.6 is 11.8 Å². The molecule has 1 aromatic carbocycles. The summed E-state index contributed by atoms with van der Waals surface area (Å²) in [4.78, 5) is 12.3. The van der Waals surface area contributed by atoms with Crippen LogP contribution in [0.1, 0.15) is 0 Å². The van der Waals surface area contributed by atoms with Crippen LogP contribution in [0.4, 0.5) is 24.5 Å². The van der Waals surface area contributed by atoms with Crippen molar-refractivity contribution in [3.05, 3.63) is 28.3 Å². The number of nitrogens with one attached hydrogen (secondary N) is 1. The Kier molecular flexibility index (Phi) is 5.56. The van der Waals surface area contributed by atoms with Gasteiger partial charge in [0.2, 0.25) is 0 Å². The SMILES string of the molecule is CSC(=Nc1ccc(S(=O)(=O)C(F)(F)F)cc1[N+](=O)[O-])NC#N. The van der Waals surface area contributed by atoms with Crippen molar-refractivity contribution in [3.8, 4) is 6.19 Å². The first-order chi connectivity index (χ1) is 10.5. The van der Waals surface area contributed by atoms with Gasteiger partial charge >= 0.3 is 5.51 Å². The van der Waals surface area contributed by atoms with Gasteiger partial charge in [-0.15, -0.1) is 0 Å². The number of aliphatic imine (C=N–C) groups is 1. The summed E-state index contributed by atoms with van der Waals surface area (Å²) >= 11 is 0.919. The highest BCUT2D eigenvalue weighted by Crippen LogP contribution is 2.35. The Morgan fingerprint density at radius 1 is 1.48 bits per heavy atom. The third-order valence-electron chi connectivity index (χ3n) is 2.34. The van der Waals surface area contributed by atoms with E-state index in [-0.39, 0.29) is 11.2 Å². The number of thioether (sulfide) groups is 1. The molecule has 0 aromatic heterocycles. The second kappa shape index (κ2) is 6.84. The van der Waals surface area contributed by atoms with Crippen LogP contribution in [0.25, 0.3) is 0 Å². The molecule has 124 valence electrons. The smallest absolute Gasteiger partial charge is 0.271 e. The van der Waals surface area contributed by atoms with Crippen LogP contribution < -0.4 is 5.32 Å².